The quantitative estimate of drug-likeness (QED) is 0.286. The molecule has 0 bridgehead atoms. The molecule has 1 aliphatic heterocycles. The third kappa shape index (κ3) is 8.19. The summed E-state index contributed by atoms with van der Waals surface area (Å²) in [7, 11) is -2.41. The molecule has 278 valence electrons. The Bertz CT molecular complexity index is 1850. The first-order valence-corrected chi connectivity index (χ1v) is 18.7. The van der Waals surface area contributed by atoms with Gasteiger partial charge >= 0.3 is 6.09 Å². The van der Waals surface area contributed by atoms with Crippen molar-refractivity contribution in [3.8, 4) is 11.6 Å². The van der Waals surface area contributed by atoms with Crippen LogP contribution in [-0.2, 0) is 29.1 Å². The van der Waals surface area contributed by atoms with Crippen LogP contribution in [0.2, 0.25) is 5.02 Å². The molecular weight excluding hydrogens is 702 g/mol. The first kappa shape index (κ1) is 38.1. The number of fused-ring (bicyclic) bond motifs is 1. The minimum absolute atomic E-state index is 0.0142. The van der Waals surface area contributed by atoms with Gasteiger partial charge in [-0.05, 0) is 63.6 Å². The Kier molecular flexibility index (Phi) is 10.3. The zero-order valence-corrected chi connectivity index (χ0v) is 31.4. The predicted octanol–water partition coefficient (Wildman–Crippen LogP) is 3.85. The third-order valence-corrected chi connectivity index (χ3v) is 11.4. The summed E-state index contributed by atoms with van der Waals surface area (Å²) in [5, 5.41) is 6.35. The highest BCUT2D eigenvalue weighted by Gasteiger charge is 2.62. The summed E-state index contributed by atoms with van der Waals surface area (Å²) in [4.78, 5) is 60.7. The van der Waals surface area contributed by atoms with Crippen LogP contribution in [-0.4, -0.2) is 90.3 Å². The molecule has 14 nitrogen and oxygen atoms in total. The lowest BCUT2D eigenvalue weighted by molar-refractivity contribution is -0.143. The van der Waals surface area contributed by atoms with E-state index in [1.807, 2.05) is 0 Å². The number of nitrogens with zero attached hydrogens (tertiary/aromatic N) is 2. The molecule has 3 aliphatic rings. The fourth-order valence-electron chi connectivity index (χ4n) is 6.21. The number of likely N-dealkylation sites (tertiary alicyclic amines) is 1. The summed E-state index contributed by atoms with van der Waals surface area (Å²) in [6.45, 7) is 14.1. The van der Waals surface area contributed by atoms with Gasteiger partial charge in [0.15, 0.2) is 0 Å². The molecule has 2 aliphatic carbocycles. The SMILES string of the molecule is C=CC1CC1(NC(=O)C1CC(Oc2nccc3c(Cl)c(OC)ccc23)CN1C(=O)C(NC(=O)OC(C)(C)C)C(C)(C)C)C(=O)NS(=O)(=O)C1CC1. The second-order valence-corrected chi connectivity index (χ2v) is 17.7. The molecule has 1 saturated heterocycles. The number of aromatic nitrogens is 1. The van der Waals surface area contributed by atoms with Gasteiger partial charge in [0.25, 0.3) is 5.91 Å². The predicted molar refractivity (Wildman–Crippen MR) is 190 cm³/mol. The number of methoxy groups -OCH3 is 1. The van der Waals surface area contributed by atoms with E-state index < -0.39 is 79.7 Å². The Balaban J connectivity index is 1.46. The Morgan fingerprint density at radius 1 is 1.10 bits per heavy atom. The van der Waals surface area contributed by atoms with Crippen molar-refractivity contribution in [2.24, 2.45) is 11.3 Å². The van der Waals surface area contributed by atoms with Gasteiger partial charge in [0.05, 0.1) is 23.9 Å². The maximum Gasteiger partial charge on any atom is 0.408 e. The Hall–Kier alpha value is -4.11. The van der Waals surface area contributed by atoms with E-state index in [0.717, 1.165) is 0 Å². The maximum absolute atomic E-state index is 14.4. The van der Waals surface area contributed by atoms with Crippen LogP contribution in [0.25, 0.3) is 10.8 Å². The number of halogens is 1. The normalized spacial score (nSPS) is 23.9. The van der Waals surface area contributed by atoms with Crippen LogP contribution in [0.15, 0.2) is 37.1 Å². The summed E-state index contributed by atoms with van der Waals surface area (Å²) in [5.74, 6) is -1.99. The lowest BCUT2D eigenvalue weighted by Gasteiger charge is -2.36. The molecule has 2 heterocycles. The summed E-state index contributed by atoms with van der Waals surface area (Å²) in [6, 6.07) is 2.82. The van der Waals surface area contributed by atoms with Gasteiger partial charge in [0.1, 0.15) is 35.1 Å². The van der Waals surface area contributed by atoms with Gasteiger partial charge < -0.3 is 29.7 Å². The van der Waals surface area contributed by atoms with Crippen LogP contribution in [0, 0.1) is 11.3 Å². The van der Waals surface area contributed by atoms with E-state index in [2.05, 4.69) is 26.9 Å². The smallest absolute Gasteiger partial charge is 0.408 e. The zero-order valence-electron chi connectivity index (χ0n) is 29.9. The second-order valence-electron chi connectivity index (χ2n) is 15.4. The second kappa shape index (κ2) is 13.8. The van der Waals surface area contributed by atoms with Crippen LogP contribution >= 0.6 is 11.6 Å². The molecule has 51 heavy (non-hydrogen) atoms. The molecular formula is C35H46ClN5O9S. The molecule has 2 aromatic rings. The van der Waals surface area contributed by atoms with Gasteiger partial charge in [0.2, 0.25) is 27.7 Å². The van der Waals surface area contributed by atoms with Crippen LogP contribution in [0.3, 0.4) is 0 Å². The Morgan fingerprint density at radius 3 is 2.35 bits per heavy atom. The Labute approximate surface area is 303 Å². The topological polar surface area (TPSA) is 182 Å². The standard InChI is InChI=1S/C35H46ClN5O9S/c1-9-19-17-35(19,31(44)40-51(46,47)21-10-11-21)39-28(42)24-16-20(49-29-23-12-13-25(48-8)26(36)22(23)14-15-37-29)18-41(24)30(43)27(33(2,3)4)38-32(45)50-34(5,6)7/h9,12-15,19-21,24,27H,1,10-11,16-18H2,2-8H3,(H,38,45)(H,39,42)(H,40,44). The van der Waals surface area contributed by atoms with Crippen molar-refractivity contribution in [3.05, 3.63) is 42.1 Å². The first-order valence-electron chi connectivity index (χ1n) is 16.8. The number of pyridine rings is 1. The van der Waals surface area contributed by atoms with Crippen molar-refractivity contribution < 1.29 is 41.8 Å². The fraction of sp³-hybridized carbons (Fsp3) is 0.571. The van der Waals surface area contributed by atoms with Crippen molar-refractivity contribution in [3.63, 3.8) is 0 Å². The molecule has 1 aromatic carbocycles. The minimum atomic E-state index is -3.91. The first-order chi connectivity index (χ1) is 23.7. The number of carbonyl (C=O) groups excluding carboxylic acids is 4. The molecule has 2 saturated carbocycles. The van der Waals surface area contributed by atoms with Gasteiger partial charge in [-0.2, -0.15) is 0 Å². The maximum atomic E-state index is 14.4. The van der Waals surface area contributed by atoms with Crippen LogP contribution in [0.1, 0.15) is 67.2 Å². The fourth-order valence-corrected chi connectivity index (χ4v) is 7.88. The van der Waals surface area contributed by atoms with Crippen molar-refractivity contribution in [2.75, 3.05) is 13.7 Å². The third-order valence-electron chi connectivity index (χ3n) is 9.18. The lowest BCUT2D eigenvalue weighted by Crippen LogP contribution is -2.60. The molecule has 1 aromatic heterocycles. The molecule has 16 heteroatoms. The van der Waals surface area contributed by atoms with E-state index in [1.165, 1.54) is 24.3 Å². The Morgan fingerprint density at radius 2 is 1.78 bits per heavy atom. The molecule has 0 radical (unpaired) electrons. The number of amides is 4. The lowest BCUT2D eigenvalue weighted by atomic mass is 9.85. The number of benzene rings is 1. The molecule has 5 atom stereocenters. The minimum Gasteiger partial charge on any atom is -0.495 e. The largest absolute Gasteiger partial charge is 0.495 e. The summed E-state index contributed by atoms with van der Waals surface area (Å²) >= 11 is 6.56. The number of alkyl carbamates (subject to hydrolysis) is 1. The monoisotopic (exact) mass is 747 g/mol. The molecule has 5 unspecified atom stereocenters. The highest BCUT2D eigenvalue weighted by atomic mass is 35.5. The van der Waals surface area contributed by atoms with E-state index in [9.17, 15) is 27.6 Å². The summed E-state index contributed by atoms with van der Waals surface area (Å²) in [5.41, 5.74) is -3.24. The van der Waals surface area contributed by atoms with E-state index in [0.29, 0.717) is 34.4 Å². The van der Waals surface area contributed by atoms with E-state index in [-0.39, 0.29) is 25.3 Å². The van der Waals surface area contributed by atoms with Crippen LogP contribution in [0.5, 0.6) is 11.6 Å². The van der Waals surface area contributed by atoms with Crippen molar-refractivity contribution >= 4 is 56.2 Å². The average molecular weight is 748 g/mol. The number of hydrogen-bond acceptors (Lipinski definition) is 10. The summed E-state index contributed by atoms with van der Waals surface area (Å²) in [6.07, 6.45) is 2.45. The number of hydrogen-bond donors (Lipinski definition) is 3. The number of sulfonamides is 1. The van der Waals surface area contributed by atoms with Gasteiger partial charge in [-0.3, -0.25) is 19.1 Å². The van der Waals surface area contributed by atoms with Crippen molar-refractivity contribution in [1.29, 1.82) is 0 Å². The highest BCUT2D eigenvalue weighted by molar-refractivity contribution is 7.91. The van der Waals surface area contributed by atoms with Crippen LogP contribution < -0.4 is 24.8 Å². The number of ether oxygens (including phenoxy) is 3. The van der Waals surface area contributed by atoms with Gasteiger partial charge in [-0.1, -0.05) is 38.4 Å². The van der Waals surface area contributed by atoms with E-state index >= 15 is 0 Å². The molecule has 5 rings (SSSR count). The van der Waals surface area contributed by atoms with E-state index in [4.69, 9.17) is 25.8 Å². The van der Waals surface area contributed by atoms with Crippen molar-refractivity contribution in [1.82, 2.24) is 25.2 Å². The highest BCUT2D eigenvalue weighted by Crippen LogP contribution is 2.46. The summed E-state index contributed by atoms with van der Waals surface area (Å²) < 4.78 is 44.6. The number of rotatable bonds is 11. The van der Waals surface area contributed by atoms with Gasteiger partial charge in [-0.15, -0.1) is 6.58 Å². The molecule has 3 N–H and O–H groups in total. The average Bonchev–Trinajstić information content (AvgIpc) is 3.95. The molecule has 0 spiro atoms. The van der Waals surface area contributed by atoms with Gasteiger partial charge in [0, 0.05) is 29.3 Å². The van der Waals surface area contributed by atoms with E-state index in [1.54, 1.807) is 59.7 Å². The zero-order chi connectivity index (χ0) is 37.7. The van der Waals surface area contributed by atoms with Crippen molar-refractivity contribution in [2.45, 2.75) is 102 Å². The molecule has 3 fully saturated rings. The van der Waals surface area contributed by atoms with Crippen LogP contribution in [0.4, 0.5) is 4.79 Å². The van der Waals surface area contributed by atoms with Gasteiger partial charge in [-0.25, -0.2) is 18.2 Å². The molecule has 4 amide bonds. The number of nitrogens with one attached hydrogen (secondary N) is 3. The number of carbonyl (C=O) groups is 4.